The Morgan fingerprint density at radius 2 is 2.16 bits per heavy atom. The minimum atomic E-state index is -0.199. The fourth-order valence-electron chi connectivity index (χ4n) is 1.53. The first-order chi connectivity index (χ1) is 9.29. The van der Waals surface area contributed by atoms with E-state index in [1.807, 2.05) is 19.1 Å². The van der Waals surface area contributed by atoms with E-state index in [1.54, 1.807) is 12.4 Å². The van der Waals surface area contributed by atoms with Crippen LogP contribution < -0.4 is 5.32 Å². The fraction of sp³-hybridized carbons (Fsp3) is 0.385. The number of hydrogen-bond acceptors (Lipinski definition) is 6. The van der Waals surface area contributed by atoms with Gasteiger partial charge in [0.2, 0.25) is 0 Å². The molecule has 0 radical (unpaired) electrons. The molecule has 0 atom stereocenters. The molecule has 6 heteroatoms. The quantitative estimate of drug-likeness (QED) is 0.798. The summed E-state index contributed by atoms with van der Waals surface area (Å²) in [7, 11) is 0. The average molecular weight is 260 g/mol. The molecule has 0 aromatic carbocycles. The molecule has 0 amide bonds. The largest absolute Gasteiger partial charge is 0.466 e. The molecule has 0 aliphatic rings. The van der Waals surface area contributed by atoms with E-state index in [-0.39, 0.29) is 5.97 Å². The Bertz CT molecular complexity index is 559. The zero-order valence-electron chi connectivity index (χ0n) is 10.8. The number of carbonyl (C=O) groups is 1. The SMILES string of the molecule is CCCOC(=O)CCNc1ccc2nccnc2n1. The van der Waals surface area contributed by atoms with Gasteiger partial charge in [-0.15, -0.1) is 0 Å². The van der Waals surface area contributed by atoms with E-state index in [2.05, 4.69) is 20.3 Å². The van der Waals surface area contributed by atoms with Gasteiger partial charge in [-0.2, -0.15) is 0 Å². The molecular formula is C13H16N4O2. The molecule has 0 bridgehead atoms. The van der Waals surface area contributed by atoms with Crippen LogP contribution in [0.15, 0.2) is 24.5 Å². The number of carbonyl (C=O) groups excluding carboxylic acids is 1. The highest BCUT2D eigenvalue weighted by Crippen LogP contribution is 2.09. The Morgan fingerprint density at radius 3 is 3.00 bits per heavy atom. The van der Waals surface area contributed by atoms with Crippen molar-refractivity contribution >= 4 is 23.0 Å². The third-order valence-corrected chi connectivity index (χ3v) is 2.43. The summed E-state index contributed by atoms with van der Waals surface area (Å²) in [5.41, 5.74) is 1.33. The predicted octanol–water partition coefficient (Wildman–Crippen LogP) is 1.78. The van der Waals surface area contributed by atoms with Crippen molar-refractivity contribution in [1.82, 2.24) is 15.0 Å². The minimum Gasteiger partial charge on any atom is -0.466 e. The van der Waals surface area contributed by atoms with E-state index in [9.17, 15) is 4.79 Å². The molecule has 2 heterocycles. The van der Waals surface area contributed by atoms with Crippen molar-refractivity contribution in [2.45, 2.75) is 19.8 Å². The summed E-state index contributed by atoms with van der Waals surface area (Å²) in [6.07, 6.45) is 4.38. The van der Waals surface area contributed by atoms with E-state index in [1.165, 1.54) is 0 Å². The van der Waals surface area contributed by atoms with Gasteiger partial charge in [-0.1, -0.05) is 6.92 Å². The van der Waals surface area contributed by atoms with Gasteiger partial charge in [-0.3, -0.25) is 9.78 Å². The monoisotopic (exact) mass is 260 g/mol. The second-order valence-electron chi connectivity index (χ2n) is 3.99. The highest BCUT2D eigenvalue weighted by molar-refractivity contribution is 5.72. The van der Waals surface area contributed by atoms with E-state index < -0.39 is 0 Å². The number of nitrogens with one attached hydrogen (secondary N) is 1. The zero-order valence-corrected chi connectivity index (χ0v) is 10.8. The summed E-state index contributed by atoms with van der Waals surface area (Å²) in [6, 6.07) is 3.65. The molecule has 2 rings (SSSR count). The van der Waals surface area contributed by atoms with E-state index >= 15 is 0 Å². The van der Waals surface area contributed by atoms with Gasteiger partial charge in [0.25, 0.3) is 0 Å². The van der Waals surface area contributed by atoms with Crippen molar-refractivity contribution in [1.29, 1.82) is 0 Å². The van der Waals surface area contributed by atoms with Crippen molar-refractivity contribution in [3.05, 3.63) is 24.5 Å². The lowest BCUT2D eigenvalue weighted by Crippen LogP contribution is -2.12. The third-order valence-electron chi connectivity index (χ3n) is 2.43. The molecule has 1 N–H and O–H groups in total. The van der Waals surface area contributed by atoms with Crippen molar-refractivity contribution in [2.75, 3.05) is 18.5 Å². The van der Waals surface area contributed by atoms with E-state index in [0.29, 0.717) is 31.0 Å². The molecule has 0 saturated heterocycles. The van der Waals surface area contributed by atoms with Gasteiger partial charge in [0.05, 0.1) is 13.0 Å². The van der Waals surface area contributed by atoms with Gasteiger partial charge in [0.1, 0.15) is 11.3 Å². The van der Waals surface area contributed by atoms with Gasteiger partial charge < -0.3 is 10.1 Å². The first-order valence-electron chi connectivity index (χ1n) is 6.27. The first kappa shape index (κ1) is 13.2. The average Bonchev–Trinajstić information content (AvgIpc) is 2.45. The van der Waals surface area contributed by atoms with Crippen molar-refractivity contribution in [2.24, 2.45) is 0 Å². The zero-order chi connectivity index (χ0) is 13.5. The van der Waals surface area contributed by atoms with Crippen LogP contribution in [0.4, 0.5) is 5.82 Å². The highest BCUT2D eigenvalue weighted by Gasteiger charge is 2.03. The van der Waals surface area contributed by atoms with Gasteiger partial charge in [0.15, 0.2) is 5.65 Å². The summed E-state index contributed by atoms with van der Waals surface area (Å²) in [5, 5.41) is 3.06. The Hall–Kier alpha value is -2.24. The standard InChI is InChI=1S/C13H16N4O2/c1-2-9-19-12(18)5-6-15-11-4-3-10-13(17-11)16-8-7-14-10/h3-4,7-8H,2,5-6,9H2,1H3,(H,15,16,17). The number of rotatable bonds is 6. The number of aromatic nitrogens is 3. The van der Waals surface area contributed by atoms with Crippen molar-refractivity contribution in [3.63, 3.8) is 0 Å². The van der Waals surface area contributed by atoms with Gasteiger partial charge in [0, 0.05) is 18.9 Å². The predicted molar refractivity (Wildman–Crippen MR) is 71.7 cm³/mol. The van der Waals surface area contributed by atoms with Crippen LogP contribution in [-0.2, 0) is 9.53 Å². The number of pyridine rings is 1. The lowest BCUT2D eigenvalue weighted by molar-refractivity contribution is -0.143. The molecule has 100 valence electrons. The summed E-state index contributed by atoms with van der Waals surface area (Å²) in [6.45, 7) is 2.93. The lowest BCUT2D eigenvalue weighted by Gasteiger charge is -2.06. The normalized spacial score (nSPS) is 10.4. The number of anilines is 1. The van der Waals surface area contributed by atoms with Gasteiger partial charge >= 0.3 is 5.97 Å². The van der Waals surface area contributed by atoms with Crippen LogP contribution in [0, 0.1) is 0 Å². The maximum Gasteiger partial charge on any atom is 0.307 e. The summed E-state index contributed by atoms with van der Waals surface area (Å²) in [5.74, 6) is 0.478. The Kier molecular flexibility index (Phi) is 4.60. The smallest absolute Gasteiger partial charge is 0.307 e. The van der Waals surface area contributed by atoms with Crippen LogP contribution in [0.3, 0.4) is 0 Å². The second-order valence-corrected chi connectivity index (χ2v) is 3.99. The fourth-order valence-corrected chi connectivity index (χ4v) is 1.53. The Morgan fingerprint density at radius 1 is 1.32 bits per heavy atom. The summed E-state index contributed by atoms with van der Waals surface area (Å²) >= 11 is 0. The number of esters is 1. The molecule has 0 saturated carbocycles. The van der Waals surface area contributed by atoms with E-state index in [0.717, 1.165) is 11.9 Å². The molecule has 0 fully saturated rings. The highest BCUT2D eigenvalue weighted by atomic mass is 16.5. The number of nitrogens with zero attached hydrogens (tertiary/aromatic N) is 3. The Labute approximate surface area is 111 Å². The maximum absolute atomic E-state index is 11.3. The molecular weight excluding hydrogens is 244 g/mol. The van der Waals surface area contributed by atoms with Gasteiger partial charge in [-0.25, -0.2) is 9.97 Å². The molecule has 0 spiro atoms. The van der Waals surface area contributed by atoms with Gasteiger partial charge in [-0.05, 0) is 18.6 Å². The van der Waals surface area contributed by atoms with Crippen LogP contribution >= 0.6 is 0 Å². The summed E-state index contributed by atoms with van der Waals surface area (Å²) in [4.78, 5) is 23.9. The molecule has 6 nitrogen and oxygen atoms in total. The minimum absolute atomic E-state index is 0.199. The molecule has 0 aliphatic carbocycles. The third kappa shape index (κ3) is 3.87. The maximum atomic E-state index is 11.3. The van der Waals surface area contributed by atoms with Crippen molar-refractivity contribution < 1.29 is 9.53 Å². The second kappa shape index (κ2) is 6.63. The van der Waals surface area contributed by atoms with Crippen LogP contribution in [0.1, 0.15) is 19.8 Å². The topological polar surface area (TPSA) is 77.0 Å². The van der Waals surface area contributed by atoms with E-state index in [4.69, 9.17) is 4.74 Å². The molecule has 0 unspecified atom stereocenters. The van der Waals surface area contributed by atoms with Crippen LogP contribution in [0.25, 0.3) is 11.2 Å². The van der Waals surface area contributed by atoms with Crippen molar-refractivity contribution in [3.8, 4) is 0 Å². The Balaban J connectivity index is 1.86. The molecule has 2 aromatic heterocycles. The summed E-state index contributed by atoms with van der Waals surface area (Å²) < 4.78 is 4.98. The van der Waals surface area contributed by atoms with Crippen LogP contribution in [-0.4, -0.2) is 34.1 Å². The number of ether oxygens (including phenoxy) is 1. The molecule has 19 heavy (non-hydrogen) atoms. The molecule has 2 aromatic rings. The number of fused-ring (bicyclic) bond motifs is 1. The van der Waals surface area contributed by atoms with Crippen LogP contribution in [0.2, 0.25) is 0 Å². The lowest BCUT2D eigenvalue weighted by atomic mass is 10.4. The number of hydrogen-bond donors (Lipinski definition) is 1. The first-order valence-corrected chi connectivity index (χ1v) is 6.27. The van der Waals surface area contributed by atoms with Crippen LogP contribution in [0.5, 0.6) is 0 Å². The molecule has 0 aliphatic heterocycles.